The largest absolute Gasteiger partial charge is 0.296 e. The maximum atomic E-state index is 13.3. The Morgan fingerprint density at radius 3 is 2.48 bits per heavy atom. The molecule has 130 valence electrons. The van der Waals surface area contributed by atoms with Crippen LogP contribution in [0, 0.1) is 0 Å². The Bertz CT molecular complexity index is 1390. The Labute approximate surface area is 159 Å². The molecule has 2 aromatic heterocycles. The lowest BCUT2D eigenvalue weighted by atomic mass is 10.00. The van der Waals surface area contributed by atoms with Crippen LogP contribution in [0.3, 0.4) is 0 Å². The predicted octanol–water partition coefficient (Wildman–Crippen LogP) is 5.38. The van der Waals surface area contributed by atoms with Crippen molar-refractivity contribution in [2.75, 3.05) is 7.05 Å². The lowest BCUT2D eigenvalue weighted by Crippen LogP contribution is -2.14. The Hall–Kier alpha value is -3.24. The van der Waals surface area contributed by atoms with Crippen LogP contribution in [-0.2, 0) is 0 Å². The molecule has 0 aliphatic rings. The van der Waals surface area contributed by atoms with Gasteiger partial charge in [0.2, 0.25) is 0 Å². The predicted molar refractivity (Wildman–Crippen MR) is 116 cm³/mol. The number of rotatable bonds is 2. The molecule has 0 bridgehead atoms. The van der Waals surface area contributed by atoms with Gasteiger partial charge >= 0.3 is 0 Å². The van der Waals surface area contributed by atoms with Crippen LogP contribution in [-0.4, -0.2) is 17.7 Å². The Balaban J connectivity index is 1.96. The zero-order chi connectivity index (χ0) is 18.4. The third kappa shape index (κ3) is 2.41. The molecule has 5 aromatic rings. The van der Waals surface area contributed by atoms with Gasteiger partial charge in [-0.2, -0.15) is 0 Å². The minimum Gasteiger partial charge on any atom is -0.296 e. The van der Waals surface area contributed by atoms with Crippen LogP contribution in [0.15, 0.2) is 82.6 Å². The number of hydrogen-bond donors (Lipinski definition) is 0. The van der Waals surface area contributed by atoms with E-state index in [1.54, 1.807) is 18.4 Å². The second-order valence-electron chi connectivity index (χ2n) is 6.44. The summed E-state index contributed by atoms with van der Waals surface area (Å²) >= 11 is 1.63. The van der Waals surface area contributed by atoms with Gasteiger partial charge in [0.25, 0.3) is 5.56 Å². The van der Waals surface area contributed by atoms with Gasteiger partial charge in [-0.1, -0.05) is 48.5 Å². The highest BCUT2D eigenvalue weighted by atomic mass is 32.1. The Kier molecular flexibility index (Phi) is 3.66. The van der Waals surface area contributed by atoms with Crippen LogP contribution in [0.5, 0.6) is 0 Å². The van der Waals surface area contributed by atoms with E-state index >= 15 is 0 Å². The van der Waals surface area contributed by atoms with Gasteiger partial charge in [0.1, 0.15) is 4.83 Å². The number of benzene rings is 3. The summed E-state index contributed by atoms with van der Waals surface area (Å²) < 4.78 is 2.92. The summed E-state index contributed by atoms with van der Waals surface area (Å²) in [5, 5.41) is 1.66. The van der Waals surface area contributed by atoms with E-state index in [1.807, 2.05) is 59.1 Å². The maximum absolute atomic E-state index is 13.3. The number of para-hydroxylation sites is 1. The van der Waals surface area contributed by atoms with Crippen molar-refractivity contribution in [1.29, 1.82) is 0 Å². The van der Waals surface area contributed by atoms with Gasteiger partial charge in [0.05, 0.1) is 10.2 Å². The second kappa shape index (κ2) is 6.18. The van der Waals surface area contributed by atoms with Crippen LogP contribution >= 0.6 is 11.3 Å². The zero-order valence-corrected chi connectivity index (χ0v) is 15.5. The molecular formula is C23H16N2OS. The minimum atomic E-state index is 0.0188. The topological polar surface area (TPSA) is 33.8 Å². The van der Waals surface area contributed by atoms with Crippen molar-refractivity contribution in [1.82, 2.24) is 4.40 Å². The van der Waals surface area contributed by atoms with Crippen LogP contribution < -0.4 is 5.56 Å². The molecule has 0 N–H and O–H groups in total. The molecule has 0 amide bonds. The second-order valence-corrected chi connectivity index (χ2v) is 7.47. The number of aromatic nitrogens is 1. The summed E-state index contributed by atoms with van der Waals surface area (Å²) in [5.41, 5.74) is 4.19. The summed E-state index contributed by atoms with van der Waals surface area (Å²) in [6, 6.07) is 24.3. The highest BCUT2D eigenvalue weighted by Crippen LogP contribution is 2.32. The van der Waals surface area contributed by atoms with Crippen LogP contribution in [0.2, 0.25) is 0 Å². The highest BCUT2D eigenvalue weighted by Gasteiger charge is 2.15. The van der Waals surface area contributed by atoms with Crippen molar-refractivity contribution in [3.63, 3.8) is 0 Å². The first-order valence-corrected chi connectivity index (χ1v) is 9.57. The molecule has 0 saturated carbocycles. The fraction of sp³-hybridized carbons (Fsp3) is 0.0435. The number of pyridine rings is 1. The van der Waals surface area contributed by atoms with Crippen LogP contribution in [0.4, 0.5) is 0 Å². The van der Waals surface area contributed by atoms with Gasteiger partial charge < -0.3 is 0 Å². The van der Waals surface area contributed by atoms with Crippen LogP contribution in [0.1, 0.15) is 5.56 Å². The summed E-state index contributed by atoms with van der Waals surface area (Å²) in [4.78, 5) is 18.5. The fourth-order valence-electron chi connectivity index (χ4n) is 3.62. The zero-order valence-electron chi connectivity index (χ0n) is 14.7. The molecule has 0 atom stereocenters. The molecule has 4 heteroatoms. The lowest BCUT2D eigenvalue weighted by molar-refractivity contribution is 1.20. The van der Waals surface area contributed by atoms with Gasteiger partial charge in [-0.3, -0.25) is 14.2 Å². The lowest BCUT2D eigenvalue weighted by Gasteiger charge is -2.08. The Morgan fingerprint density at radius 1 is 0.889 bits per heavy atom. The van der Waals surface area contributed by atoms with Crippen molar-refractivity contribution in [3.05, 3.63) is 88.7 Å². The van der Waals surface area contributed by atoms with Gasteiger partial charge in [-0.25, -0.2) is 0 Å². The number of fused-ring (bicyclic) bond motifs is 4. The van der Waals surface area contributed by atoms with E-state index in [2.05, 4.69) is 29.3 Å². The first-order chi connectivity index (χ1) is 13.3. The third-order valence-corrected chi connectivity index (χ3v) is 6.02. The molecule has 5 rings (SSSR count). The van der Waals surface area contributed by atoms with Gasteiger partial charge in [0, 0.05) is 24.2 Å². The quantitative estimate of drug-likeness (QED) is 0.385. The maximum Gasteiger partial charge on any atom is 0.264 e. The molecule has 3 aromatic carbocycles. The molecule has 0 fully saturated rings. The molecule has 27 heavy (non-hydrogen) atoms. The summed E-state index contributed by atoms with van der Waals surface area (Å²) in [7, 11) is 1.77. The van der Waals surface area contributed by atoms with E-state index in [4.69, 9.17) is 0 Å². The average molecular weight is 368 g/mol. The first kappa shape index (κ1) is 16.0. The minimum absolute atomic E-state index is 0.0188. The number of thiazole rings is 1. The van der Waals surface area contributed by atoms with E-state index in [9.17, 15) is 4.79 Å². The number of nitrogens with zero attached hydrogens (tertiary/aromatic N) is 2. The van der Waals surface area contributed by atoms with Gasteiger partial charge in [0.15, 0.2) is 0 Å². The SMILES string of the molecule is C/N=C\c1c2cc(-c3ccccc3)ccc2c(=O)n2c1sc1ccccc12. The van der Waals surface area contributed by atoms with Gasteiger partial charge in [-0.15, -0.1) is 11.3 Å². The molecule has 0 unspecified atom stereocenters. The highest BCUT2D eigenvalue weighted by molar-refractivity contribution is 7.24. The fourth-order valence-corrected chi connectivity index (χ4v) is 4.78. The van der Waals surface area contributed by atoms with E-state index in [0.29, 0.717) is 5.39 Å². The van der Waals surface area contributed by atoms with E-state index in [-0.39, 0.29) is 5.56 Å². The standard InChI is InChI=1S/C23H16N2OS/c1-24-14-19-18-13-16(15-7-3-2-4-8-15)11-12-17(18)22(26)25-20-9-5-6-10-21(20)27-23(19)25/h2-14H,1H3/b24-14-. The molecule has 0 saturated heterocycles. The smallest absolute Gasteiger partial charge is 0.264 e. The van der Waals surface area contributed by atoms with Crippen molar-refractivity contribution in [2.24, 2.45) is 4.99 Å². The molecule has 2 heterocycles. The van der Waals surface area contributed by atoms with Crippen molar-refractivity contribution >= 4 is 43.4 Å². The van der Waals surface area contributed by atoms with Crippen molar-refractivity contribution in [3.8, 4) is 11.1 Å². The van der Waals surface area contributed by atoms with Crippen molar-refractivity contribution in [2.45, 2.75) is 0 Å². The summed E-state index contributed by atoms with van der Waals surface area (Å²) in [6.07, 6.45) is 1.86. The molecule has 0 spiro atoms. The Morgan fingerprint density at radius 2 is 1.67 bits per heavy atom. The number of hydrogen-bond acceptors (Lipinski definition) is 3. The van der Waals surface area contributed by atoms with Gasteiger partial charge in [-0.05, 0) is 40.8 Å². The monoisotopic (exact) mass is 368 g/mol. The third-order valence-electron chi connectivity index (χ3n) is 4.85. The number of aliphatic imine (C=N–C) groups is 1. The van der Waals surface area contributed by atoms with Crippen LogP contribution in [0.25, 0.3) is 36.9 Å². The normalized spacial score (nSPS) is 11.9. The summed E-state index contributed by atoms with van der Waals surface area (Å²) in [5.74, 6) is 0. The van der Waals surface area contributed by atoms with E-state index in [0.717, 1.165) is 37.1 Å². The molecule has 0 aliphatic carbocycles. The molecule has 3 nitrogen and oxygen atoms in total. The van der Waals surface area contributed by atoms with E-state index < -0.39 is 0 Å². The first-order valence-electron chi connectivity index (χ1n) is 8.75. The molecular weight excluding hydrogens is 352 g/mol. The molecule has 0 radical (unpaired) electrons. The average Bonchev–Trinajstić information content (AvgIpc) is 3.11. The summed E-state index contributed by atoms with van der Waals surface area (Å²) in [6.45, 7) is 0. The van der Waals surface area contributed by atoms with E-state index in [1.165, 1.54) is 0 Å². The van der Waals surface area contributed by atoms with Crippen molar-refractivity contribution < 1.29 is 0 Å². The molecule has 0 aliphatic heterocycles.